The van der Waals surface area contributed by atoms with Gasteiger partial charge in [0.25, 0.3) is 6.71 Å². The third-order valence-electron chi connectivity index (χ3n) is 22.5. The van der Waals surface area contributed by atoms with Gasteiger partial charge in [0.15, 0.2) is 0 Å². The molecule has 5 heteroatoms. The Morgan fingerprint density at radius 1 is 0.475 bits per heavy atom. The molecule has 2 saturated carbocycles. The van der Waals surface area contributed by atoms with Crippen molar-refractivity contribution in [2.24, 2.45) is 0 Å². The number of para-hydroxylation sites is 1. The lowest BCUT2D eigenvalue weighted by Gasteiger charge is -2.51. The predicted molar refractivity (Wildman–Crippen MR) is 339 cm³/mol. The molecule has 80 heavy (non-hydrogen) atoms. The van der Waals surface area contributed by atoms with Crippen molar-refractivity contribution in [3.05, 3.63) is 185 Å². The van der Waals surface area contributed by atoms with E-state index in [2.05, 4.69) is 243 Å². The van der Waals surface area contributed by atoms with Crippen LogP contribution in [0.1, 0.15) is 167 Å². The highest BCUT2D eigenvalue weighted by Crippen LogP contribution is 2.64. The van der Waals surface area contributed by atoms with Crippen molar-refractivity contribution in [1.29, 1.82) is 0 Å². The van der Waals surface area contributed by atoms with E-state index in [0.29, 0.717) is 0 Å². The first kappa shape index (κ1) is 48.9. The number of hydrogen-bond donors (Lipinski definition) is 0. The van der Waals surface area contributed by atoms with Crippen LogP contribution in [-0.2, 0) is 32.5 Å². The second-order valence-electron chi connectivity index (χ2n) is 29.3. The molecular weight excluding hydrogens is 970 g/mol. The van der Waals surface area contributed by atoms with Gasteiger partial charge in [-0.15, -0.1) is 0 Å². The van der Waals surface area contributed by atoms with Crippen molar-refractivity contribution in [3.8, 4) is 11.1 Å². The van der Waals surface area contributed by atoms with Crippen LogP contribution in [0.2, 0.25) is 0 Å². The molecule has 0 N–H and O–H groups in total. The molecule has 0 radical (unpaired) electrons. The fraction of sp³-hybridized carbons (Fsp3) is 0.360. The normalized spacial score (nSPS) is 25.3. The molecule has 4 unspecified atom stereocenters. The van der Waals surface area contributed by atoms with Crippen LogP contribution in [0.3, 0.4) is 0 Å². The Balaban J connectivity index is 1.07. The second-order valence-corrected chi connectivity index (χ2v) is 29.3. The monoisotopic (exact) mass is 1050 g/mol. The zero-order chi connectivity index (χ0) is 54.8. The largest absolute Gasteiger partial charge is 0.440 e. The van der Waals surface area contributed by atoms with Crippen LogP contribution in [0.5, 0.6) is 0 Å². The van der Waals surface area contributed by atoms with E-state index in [4.69, 9.17) is 4.42 Å². The molecule has 0 amide bonds. The summed E-state index contributed by atoms with van der Waals surface area (Å²) in [7, 11) is 0. The molecule has 3 aliphatic heterocycles. The van der Waals surface area contributed by atoms with Gasteiger partial charge < -0.3 is 14.2 Å². The Bertz CT molecular complexity index is 4160. The van der Waals surface area contributed by atoms with Gasteiger partial charge in [0.05, 0.1) is 11.2 Å². The van der Waals surface area contributed by atoms with E-state index in [0.717, 1.165) is 24.3 Å². The SMILES string of the molecule is CC(C)(C)c1ccc(N2c3cc4ccccc4cc3B3c4c2cc(N2c5ccccc5C5(C)CCCCC25C)cc4N(c2ccc4c(c2)C(C)(C)CCC4(C)C)c2oc4cc5c(cc4c23)C2(C)CCC5(C)C2)c(-c2ccccc2)c1. The number of hydrogen-bond acceptors (Lipinski definition) is 4. The number of fused-ring (bicyclic) bond motifs is 16. The summed E-state index contributed by atoms with van der Waals surface area (Å²) in [5.41, 5.74) is 24.9. The maximum absolute atomic E-state index is 7.84. The van der Waals surface area contributed by atoms with Crippen molar-refractivity contribution in [2.45, 2.75) is 172 Å². The standard InChI is InChI=1S/C75H76BN3O/c1-69(2,3)49-27-30-60(52(39-49)46-21-13-12-14-22-46)78-62-38-48-24-16-15-23-47(48)37-59(62)76-66-53-43-57-58(73(9)36-35-72(57,8)45-73)44-65(53)80-68(66)77(50-28-29-54-56(40-50)71(6,7)34-33-70(54,4)5)63-41-51(42-64(78)67(63)76)79-61-26-18-17-25-55(61)74(10)31-19-20-32-75(74,79)11/h12-18,21-30,37-44H,19-20,31-36,45H2,1-11H3. The van der Waals surface area contributed by atoms with E-state index >= 15 is 0 Å². The third-order valence-corrected chi connectivity index (χ3v) is 22.5. The van der Waals surface area contributed by atoms with Gasteiger partial charge in [-0.3, -0.25) is 4.90 Å². The summed E-state index contributed by atoms with van der Waals surface area (Å²) in [6.07, 6.45) is 10.7. The number of benzene rings is 8. The van der Waals surface area contributed by atoms with Crippen LogP contribution < -0.4 is 31.1 Å². The molecule has 4 atom stereocenters. The minimum Gasteiger partial charge on any atom is -0.440 e. The molecule has 400 valence electrons. The van der Waals surface area contributed by atoms with E-state index < -0.39 is 0 Å². The lowest BCUT2D eigenvalue weighted by molar-refractivity contribution is 0.195. The minimum absolute atomic E-state index is 0.00524. The summed E-state index contributed by atoms with van der Waals surface area (Å²) in [6, 6.07) is 60.1. The fourth-order valence-electron chi connectivity index (χ4n) is 17.8. The summed E-state index contributed by atoms with van der Waals surface area (Å²) >= 11 is 0. The smallest absolute Gasteiger partial charge is 0.257 e. The first-order chi connectivity index (χ1) is 38.2. The molecular formula is C75H76BN3O. The van der Waals surface area contributed by atoms with Gasteiger partial charge in [-0.2, -0.15) is 0 Å². The molecule has 0 saturated heterocycles. The minimum atomic E-state index is -0.163. The summed E-state index contributed by atoms with van der Waals surface area (Å²) in [5, 5.41) is 3.76. The van der Waals surface area contributed by atoms with Gasteiger partial charge in [-0.25, -0.2) is 0 Å². The molecule has 8 aromatic carbocycles. The second kappa shape index (κ2) is 15.9. The number of nitrogens with zero attached hydrogens (tertiary/aromatic N) is 3. The van der Waals surface area contributed by atoms with Gasteiger partial charge in [-0.1, -0.05) is 173 Å². The molecule has 9 aromatic rings. The number of furan rings is 1. The summed E-state index contributed by atoms with van der Waals surface area (Å²) in [5.74, 6) is 0.961. The highest BCUT2D eigenvalue weighted by atomic mass is 16.4. The van der Waals surface area contributed by atoms with E-state index in [-0.39, 0.29) is 44.7 Å². The Morgan fingerprint density at radius 2 is 1.14 bits per heavy atom. The zero-order valence-electron chi connectivity index (χ0n) is 49.1. The quantitative estimate of drug-likeness (QED) is 0.164. The van der Waals surface area contributed by atoms with Crippen LogP contribution in [-0.4, -0.2) is 12.3 Å². The van der Waals surface area contributed by atoms with Gasteiger partial charge in [0.1, 0.15) is 5.58 Å². The van der Waals surface area contributed by atoms with Gasteiger partial charge in [-0.05, 0) is 200 Å². The van der Waals surface area contributed by atoms with Crippen LogP contribution in [0, 0.1) is 0 Å². The summed E-state index contributed by atoms with van der Waals surface area (Å²) in [6.45, 7) is 27.0. The van der Waals surface area contributed by atoms with Crippen molar-refractivity contribution in [1.82, 2.24) is 0 Å². The predicted octanol–water partition coefficient (Wildman–Crippen LogP) is 18.4. The average Bonchev–Trinajstić information content (AvgIpc) is 4.27. The first-order valence-corrected chi connectivity index (χ1v) is 30.4. The zero-order valence-corrected chi connectivity index (χ0v) is 49.1. The Kier molecular flexibility index (Phi) is 9.74. The Morgan fingerprint density at radius 3 is 1.89 bits per heavy atom. The molecule has 2 bridgehead atoms. The van der Waals surface area contributed by atoms with Crippen LogP contribution >= 0.6 is 0 Å². The molecule has 4 aliphatic carbocycles. The lowest BCUT2D eigenvalue weighted by Crippen LogP contribution is -2.61. The van der Waals surface area contributed by atoms with Crippen LogP contribution in [0.4, 0.5) is 45.7 Å². The number of anilines is 8. The third kappa shape index (κ3) is 6.41. The van der Waals surface area contributed by atoms with Gasteiger partial charge in [0, 0.05) is 56.0 Å². The van der Waals surface area contributed by atoms with Crippen molar-refractivity contribution < 1.29 is 4.42 Å². The van der Waals surface area contributed by atoms with Gasteiger partial charge in [0.2, 0.25) is 5.88 Å². The highest BCUT2D eigenvalue weighted by Gasteiger charge is 2.59. The topological polar surface area (TPSA) is 22.9 Å². The first-order valence-electron chi connectivity index (χ1n) is 30.4. The van der Waals surface area contributed by atoms with E-state index in [9.17, 15) is 0 Å². The maximum Gasteiger partial charge on any atom is 0.257 e. The van der Waals surface area contributed by atoms with E-state index in [1.807, 2.05) is 0 Å². The summed E-state index contributed by atoms with van der Waals surface area (Å²) in [4.78, 5) is 8.14. The van der Waals surface area contributed by atoms with Crippen molar-refractivity contribution >= 4 is 90.5 Å². The highest BCUT2D eigenvalue weighted by molar-refractivity contribution is 7.01. The lowest BCUT2D eigenvalue weighted by atomic mass is 9.33. The van der Waals surface area contributed by atoms with Gasteiger partial charge >= 0.3 is 0 Å². The van der Waals surface area contributed by atoms with Crippen LogP contribution in [0.15, 0.2) is 156 Å². The van der Waals surface area contributed by atoms with E-state index in [1.165, 1.54) is 162 Å². The molecule has 7 aliphatic rings. The Hall–Kier alpha value is -6.98. The molecule has 4 nitrogen and oxygen atoms in total. The summed E-state index contributed by atoms with van der Waals surface area (Å²) < 4.78 is 7.84. The van der Waals surface area contributed by atoms with Crippen LogP contribution in [0.25, 0.3) is 32.9 Å². The van der Waals surface area contributed by atoms with E-state index in [1.54, 1.807) is 0 Å². The fourth-order valence-corrected chi connectivity index (χ4v) is 17.8. The molecule has 16 rings (SSSR count). The molecule has 4 heterocycles. The molecule has 2 fully saturated rings. The number of rotatable bonds is 4. The Labute approximate surface area is 475 Å². The molecule has 1 aromatic heterocycles. The maximum atomic E-state index is 7.84. The molecule has 0 spiro atoms. The van der Waals surface area contributed by atoms with Crippen molar-refractivity contribution in [3.63, 3.8) is 0 Å². The average molecular weight is 1050 g/mol. The van der Waals surface area contributed by atoms with Crippen molar-refractivity contribution in [2.75, 3.05) is 14.7 Å².